The SMILES string of the molecule is CN(C)S(=O)(=O)CC(NC(=O)c1ccc(-c2ccc(OC(F)(F)F)cc2)s1)C(F)(F)F. The minimum Gasteiger partial charge on any atom is -0.406 e. The number of sulfonamides is 1. The summed E-state index contributed by atoms with van der Waals surface area (Å²) >= 11 is 0.788. The lowest BCUT2D eigenvalue weighted by Gasteiger charge is -2.23. The number of rotatable bonds is 7. The molecule has 2 aromatic rings. The van der Waals surface area contributed by atoms with Gasteiger partial charge >= 0.3 is 12.5 Å². The maximum absolute atomic E-state index is 13.2. The fourth-order valence-electron chi connectivity index (χ4n) is 2.24. The van der Waals surface area contributed by atoms with Crippen LogP contribution >= 0.6 is 11.3 Å². The summed E-state index contributed by atoms with van der Waals surface area (Å²) in [6.45, 7) is 0. The number of benzene rings is 1. The zero-order valence-corrected chi connectivity index (χ0v) is 17.5. The molecule has 1 unspecified atom stereocenters. The maximum Gasteiger partial charge on any atom is 0.573 e. The Kier molecular flexibility index (Phi) is 7.28. The van der Waals surface area contributed by atoms with E-state index in [0.717, 1.165) is 37.6 Å². The Morgan fingerprint density at radius 1 is 1.06 bits per heavy atom. The van der Waals surface area contributed by atoms with Gasteiger partial charge in [0.25, 0.3) is 5.91 Å². The van der Waals surface area contributed by atoms with Gasteiger partial charge < -0.3 is 10.1 Å². The lowest BCUT2D eigenvalue weighted by molar-refractivity contribution is -0.274. The molecular weight excluding hydrogens is 474 g/mol. The Morgan fingerprint density at radius 2 is 1.65 bits per heavy atom. The summed E-state index contributed by atoms with van der Waals surface area (Å²) in [6.07, 6.45) is -9.86. The number of amides is 1. The number of halogens is 6. The van der Waals surface area contributed by atoms with Crippen molar-refractivity contribution in [2.24, 2.45) is 0 Å². The molecule has 0 saturated carbocycles. The van der Waals surface area contributed by atoms with Crippen LogP contribution in [0, 0.1) is 0 Å². The van der Waals surface area contributed by atoms with Crippen LogP contribution in [0.2, 0.25) is 0 Å². The molecule has 0 fully saturated rings. The molecule has 1 aromatic carbocycles. The molecular formula is C17H16F6N2O4S2. The van der Waals surface area contributed by atoms with Gasteiger partial charge in [0.05, 0.1) is 10.6 Å². The number of carbonyl (C=O) groups is 1. The van der Waals surface area contributed by atoms with E-state index in [9.17, 15) is 39.6 Å². The molecule has 1 atom stereocenters. The number of thiophene rings is 1. The predicted octanol–water partition coefficient (Wildman–Crippen LogP) is 3.87. The van der Waals surface area contributed by atoms with Crippen LogP contribution < -0.4 is 10.1 Å². The van der Waals surface area contributed by atoms with Crippen LogP contribution in [0.15, 0.2) is 36.4 Å². The van der Waals surface area contributed by atoms with Crippen LogP contribution in [0.3, 0.4) is 0 Å². The number of nitrogens with zero attached hydrogens (tertiary/aromatic N) is 1. The van der Waals surface area contributed by atoms with Gasteiger partial charge in [0.15, 0.2) is 0 Å². The van der Waals surface area contributed by atoms with E-state index in [1.807, 2.05) is 0 Å². The monoisotopic (exact) mass is 490 g/mol. The zero-order chi connectivity index (χ0) is 23.6. The van der Waals surface area contributed by atoms with Gasteiger partial charge in [0.1, 0.15) is 11.8 Å². The van der Waals surface area contributed by atoms with Gasteiger partial charge in [-0.2, -0.15) is 13.2 Å². The highest BCUT2D eigenvalue weighted by molar-refractivity contribution is 7.89. The van der Waals surface area contributed by atoms with Crippen molar-refractivity contribution in [1.29, 1.82) is 0 Å². The van der Waals surface area contributed by atoms with E-state index in [0.29, 0.717) is 14.7 Å². The second-order valence-electron chi connectivity index (χ2n) is 6.36. The number of hydrogen-bond donors (Lipinski definition) is 1. The van der Waals surface area contributed by atoms with E-state index >= 15 is 0 Å². The Hall–Kier alpha value is -2.32. The number of ether oxygens (including phenoxy) is 1. The van der Waals surface area contributed by atoms with Crippen molar-refractivity contribution < 1.29 is 44.3 Å². The molecule has 0 radical (unpaired) electrons. The first-order valence-electron chi connectivity index (χ1n) is 8.32. The third-order valence-corrected chi connectivity index (χ3v) is 6.84. The van der Waals surface area contributed by atoms with Crippen molar-refractivity contribution in [2.75, 3.05) is 19.8 Å². The first-order chi connectivity index (χ1) is 14.1. The Bertz CT molecular complexity index is 1010. The standard InChI is InChI=1S/C17H16F6N2O4S2/c1-25(2)31(27,28)9-14(16(18,19)20)24-15(26)13-8-7-12(30-13)10-3-5-11(6-4-10)29-17(21,22)23/h3-8,14H,9H2,1-2H3,(H,24,26). The molecule has 0 aliphatic rings. The molecule has 0 bridgehead atoms. The summed E-state index contributed by atoms with van der Waals surface area (Å²) in [7, 11) is -2.11. The lowest BCUT2D eigenvalue weighted by Crippen LogP contribution is -2.51. The maximum atomic E-state index is 13.2. The van der Waals surface area contributed by atoms with E-state index in [1.54, 1.807) is 5.32 Å². The average Bonchev–Trinajstić information content (AvgIpc) is 3.09. The van der Waals surface area contributed by atoms with E-state index in [2.05, 4.69) is 4.74 Å². The van der Waals surface area contributed by atoms with Gasteiger partial charge in [-0.15, -0.1) is 24.5 Å². The molecule has 31 heavy (non-hydrogen) atoms. The van der Waals surface area contributed by atoms with E-state index in [1.165, 1.54) is 24.3 Å². The fourth-order valence-corrected chi connectivity index (χ4v) is 4.15. The lowest BCUT2D eigenvalue weighted by atomic mass is 10.2. The summed E-state index contributed by atoms with van der Waals surface area (Å²) in [5.74, 6) is -2.96. The first kappa shape index (κ1) is 24.9. The largest absolute Gasteiger partial charge is 0.573 e. The minimum atomic E-state index is -5.01. The second kappa shape index (κ2) is 9.04. The van der Waals surface area contributed by atoms with Gasteiger partial charge in [-0.3, -0.25) is 4.79 Å². The van der Waals surface area contributed by atoms with Gasteiger partial charge in [-0.25, -0.2) is 12.7 Å². The summed E-state index contributed by atoms with van der Waals surface area (Å²) in [5, 5.41) is 1.68. The van der Waals surface area contributed by atoms with Crippen molar-refractivity contribution in [2.45, 2.75) is 18.6 Å². The van der Waals surface area contributed by atoms with Crippen LogP contribution in [0.4, 0.5) is 26.3 Å². The van der Waals surface area contributed by atoms with Gasteiger partial charge in [0, 0.05) is 19.0 Å². The van der Waals surface area contributed by atoms with E-state index < -0.39 is 46.0 Å². The van der Waals surface area contributed by atoms with Gasteiger partial charge in [-0.05, 0) is 42.0 Å². The zero-order valence-electron chi connectivity index (χ0n) is 15.9. The van der Waals surface area contributed by atoms with E-state index in [-0.39, 0.29) is 4.88 Å². The van der Waals surface area contributed by atoms with Crippen LogP contribution in [0.1, 0.15) is 9.67 Å². The van der Waals surface area contributed by atoms with Crippen molar-refractivity contribution in [3.05, 3.63) is 41.3 Å². The highest BCUT2D eigenvalue weighted by Gasteiger charge is 2.44. The smallest absolute Gasteiger partial charge is 0.406 e. The topological polar surface area (TPSA) is 75.7 Å². The molecule has 172 valence electrons. The summed E-state index contributed by atoms with van der Waals surface area (Å²) < 4.78 is 104. The van der Waals surface area contributed by atoms with Crippen molar-refractivity contribution in [1.82, 2.24) is 9.62 Å². The molecule has 0 saturated heterocycles. The Morgan fingerprint density at radius 3 is 2.13 bits per heavy atom. The number of hydrogen-bond acceptors (Lipinski definition) is 5. The van der Waals surface area contributed by atoms with E-state index in [4.69, 9.17) is 0 Å². The summed E-state index contributed by atoms with van der Waals surface area (Å²) in [4.78, 5) is 12.5. The van der Waals surface area contributed by atoms with Crippen molar-refractivity contribution >= 4 is 27.3 Å². The minimum absolute atomic E-state index is 0.137. The van der Waals surface area contributed by atoms with Crippen LogP contribution in [0.5, 0.6) is 5.75 Å². The average molecular weight is 490 g/mol. The number of alkyl halides is 6. The molecule has 1 N–H and O–H groups in total. The molecule has 0 aliphatic carbocycles. The van der Waals surface area contributed by atoms with Gasteiger partial charge in [0.2, 0.25) is 10.0 Å². The van der Waals surface area contributed by atoms with Crippen LogP contribution in [-0.2, 0) is 10.0 Å². The second-order valence-corrected chi connectivity index (χ2v) is 9.68. The third kappa shape index (κ3) is 7.11. The van der Waals surface area contributed by atoms with Gasteiger partial charge in [-0.1, -0.05) is 0 Å². The molecule has 1 heterocycles. The molecule has 0 spiro atoms. The molecule has 0 aliphatic heterocycles. The molecule has 14 heteroatoms. The Labute approximate surface area is 177 Å². The fraction of sp³-hybridized carbons (Fsp3) is 0.353. The highest BCUT2D eigenvalue weighted by Crippen LogP contribution is 2.31. The predicted molar refractivity (Wildman–Crippen MR) is 101 cm³/mol. The molecule has 1 aromatic heterocycles. The first-order valence-corrected chi connectivity index (χ1v) is 10.7. The molecule has 1 amide bonds. The summed E-state index contributed by atoms with van der Waals surface area (Å²) in [6, 6.07) is 4.67. The normalized spacial score (nSPS) is 13.8. The van der Waals surface area contributed by atoms with Crippen molar-refractivity contribution in [3.63, 3.8) is 0 Å². The molecule has 6 nitrogen and oxygen atoms in total. The number of carbonyl (C=O) groups excluding carboxylic acids is 1. The highest BCUT2D eigenvalue weighted by atomic mass is 32.2. The van der Waals surface area contributed by atoms with Crippen LogP contribution in [0.25, 0.3) is 10.4 Å². The Balaban J connectivity index is 2.16. The summed E-state index contributed by atoms with van der Waals surface area (Å²) in [5.41, 5.74) is 0.404. The van der Waals surface area contributed by atoms with Crippen LogP contribution in [-0.4, -0.2) is 57.1 Å². The number of nitrogens with one attached hydrogen (secondary N) is 1. The molecule has 2 rings (SSSR count). The van der Waals surface area contributed by atoms with Crippen molar-refractivity contribution in [3.8, 4) is 16.2 Å². The third-order valence-electron chi connectivity index (χ3n) is 3.84. The quantitative estimate of drug-likeness (QED) is 0.598.